The third-order valence-electron chi connectivity index (χ3n) is 4.32. The Bertz CT molecular complexity index is 971. The molecule has 0 bridgehead atoms. The molecule has 158 valence electrons. The second-order valence-electron chi connectivity index (χ2n) is 6.55. The number of ether oxygens (including phenoxy) is 1. The molecular formula is C21H24N4O4S. The molecule has 3 rings (SSSR count). The van der Waals surface area contributed by atoms with Crippen LogP contribution in [0.2, 0.25) is 0 Å². The van der Waals surface area contributed by atoms with Gasteiger partial charge in [0.05, 0.1) is 24.2 Å². The molecular weight excluding hydrogens is 404 g/mol. The number of carbonyl (C=O) groups excluding carboxylic acids is 2. The van der Waals surface area contributed by atoms with Crippen molar-refractivity contribution in [1.29, 1.82) is 0 Å². The van der Waals surface area contributed by atoms with Gasteiger partial charge in [0.15, 0.2) is 0 Å². The number of benzene rings is 1. The van der Waals surface area contributed by atoms with Crippen LogP contribution in [0, 0.1) is 0 Å². The molecule has 2 heterocycles. The van der Waals surface area contributed by atoms with Gasteiger partial charge in [-0.2, -0.15) is 4.98 Å². The first kappa shape index (κ1) is 21.5. The van der Waals surface area contributed by atoms with Crippen molar-refractivity contribution in [3.8, 4) is 16.5 Å². The zero-order chi connectivity index (χ0) is 21.3. The molecule has 2 aromatic heterocycles. The van der Waals surface area contributed by atoms with Crippen LogP contribution in [0.1, 0.15) is 25.7 Å². The second-order valence-corrected chi connectivity index (χ2v) is 7.50. The van der Waals surface area contributed by atoms with E-state index in [9.17, 15) is 9.59 Å². The number of para-hydroxylation sites is 2. The predicted molar refractivity (Wildman–Crippen MR) is 114 cm³/mol. The monoisotopic (exact) mass is 428 g/mol. The van der Waals surface area contributed by atoms with Gasteiger partial charge in [-0.3, -0.25) is 9.59 Å². The quantitative estimate of drug-likeness (QED) is 0.530. The highest BCUT2D eigenvalue weighted by Crippen LogP contribution is 2.23. The highest BCUT2D eigenvalue weighted by molar-refractivity contribution is 7.13. The molecule has 0 atom stereocenters. The van der Waals surface area contributed by atoms with Crippen LogP contribution in [0.15, 0.2) is 46.3 Å². The lowest BCUT2D eigenvalue weighted by Gasteiger charge is -2.21. The molecule has 1 aromatic carbocycles. The standard InChI is InChI=1S/C21H24N4O4S/c1-3-12-25(14-18(26)22-15-7-4-5-8-16(15)28-2)20(27)11-10-19-23-21(24-29-19)17-9-6-13-30-17/h4-9,13H,3,10-12,14H2,1-2H3,(H,22,26). The van der Waals surface area contributed by atoms with Gasteiger partial charge >= 0.3 is 0 Å². The fourth-order valence-electron chi connectivity index (χ4n) is 2.91. The van der Waals surface area contributed by atoms with E-state index < -0.39 is 0 Å². The minimum atomic E-state index is -0.279. The Morgan fingerprint density at radius 3 is 2.80 bits per heavy atom. The zero-order valence-corrected chi connectivity index (χ0v) is 17.8. The summed E-state index contributed by atoms with van der Waals surface area (Å²) in [5, 5.41) is 8.69. The van der Waals surface area contributed by atoms with E-state index in [1.807, 2.05) is 36.6 Å². The van der Waals surface area contributed by atoms with Crippen molar-refractivity contribution < 1.29 is 18.8 Å². The molecule has 0 saturated carbocycles. The molecule has 0 saturated heterocycles. The van der Waals surface area contributed by atoms with Gasteiger partial charge in [-0.15, -0.1) is 11.3 Å². The molecule has 0 aliphatic carbocycles. The first-order valence-electron chi connectivity index (χ1n) is 9.67. The molecule has 30 heavy (non-hydrogen) atoms. The molecule has 0 aliphatic rings. The van der Waals surface area contributed by atoms with E-state index in [1.54, 1.807) is 24.1 Å². The number of thiophene rings is 1. The lowest BCUT2D eigenvalue weighted by molar-refractivity contribution is -0.134. The van der Waals surface area contributed by atoms with E-state index in [4.69, 9.17) is 9.26 Å². The maximum atomic E-state index is 12.7. The number of methoxy groups -OCH3 is 1. The summed E-state index contributed by atoms with van der Waals surface area (Å²) in [4.78, 5) is 32.0. The van der Waals surface area contributed by atoms with Gasteiger partial charge in [-0.1, -0.05) is 30.3 Å². The van der Waals surface area contributed by atoms with Crippen LogP contribution < -0.4 is 10.1 Å². The summed E-state index contributed by atoms with van der Waals surface area (Å²) in [6, 6.07) is 11.0. The average Bonchev–Trinajstić information content (AvgIpc) is 3.44. The van der Waals surface area contributed by atoms with E-state index >= 15 is 0 Å². The van der Waals surface area contributed by atoms with E-state index in [0.717, 1.165) is 11.3 Å². The van der Waals surface area contributed by atoms with E-state index in [0.29, 0.717) is 36.1 Å². The summed E-state index contributed by atoms with van der Waals surface area (Å²) in [5.41, 5.74) is 0.570. The Hall–Kier alpha value is -3.20. The third-order valence-corrected chi connectivity index (χ3v) is 5.19. The molecule has 8 nitrogen and oxygen atoms in total. The molecule has 0 fully saturated rings. The smallest absolute Gasteiger partial charge is 0.244 e. The minimum absolute atomic E-state index is 0.0327. The number of anilines is 1. The molecule has 0 radical (unpaired) electrons. The van der Waals surface area contributed by atoms with Crippen molar-refractivity contribution in [3.05, 3.63) is 47.7 Å². The minimum Gasteiger partial charge on any atom is -0.495 e. The molecule has 3 aromatic rings. The largest absolute Gasteiger partial charge is 0.495 e. The number of aryl methyl sites for hydroxylation is 1. The van der Waals surface area contributed by atoms with E-state index in [-0.39, 0.29) is 24.8 Å². The first-order valence-corrected chi connectivity index (χ1v) is 10.6. The highest BCUT2D eigenvalue weighted by atomic mass is 32.1. The van der Waals surface area contributed by atoms with Crippen molar-refractivity contribution in [2.24, 2.45) is 0 Å². The zero-order valence-electron chi connectivity index (χ0n) is 17.0. The summed E-state index contributed by atoms with van der Waals surface area (Å²) in [7, 11) is 1.54. The lowest BCUT2D eigenvalue weighted by Crippen LogP contribution is -2.38. The van der Waals surface area contributed by atoms with Crippen LogP contribution >= 0.6 is 11.3 Å². The fraction of sp³-hybridized carbons (Fsp3) is 0.333. The van der Waals surface area contributed by atoms with Crippen molar-refractivity contribution in [2.45, 2.75) is 26.2 Å². The molecule has 2 amide bonds. The summed E-state index contributed by atoms with van der Waals surface area (Å²) in [6.45, 7) is 2.42. The van der Waals surface area contributed by atoms with Crippen LogP contribution in [0.25, 0.3) is 10.7 Å². The maximum Gasteiger partial charge on any atom is 0.244 e. The normalized spacial score (nSPS) is 10.6. The number of aromatic nitrogens is 2. The number of hydrogen-bond donors (Lipinski definition) is 1. The third kappa shape index (κ3) is 5.66. The Morgan fingerprint density at radius 1 is 1.23 bits per heavy atom. The number of amides is 2. The van der Waals surface area contributed by atoms with Gasteiger partial charge in [0.2, 0.25) is 23.5 Å². The number of carbonyl (C=O) groups is 2. The van der Waals surface area contributed by atoms with Crippen LogP contribution in [0.4, 0.5) is 5.69 Å². The number of nitrogens with one attached hydrogen (secondary N) is 1. The molecule has 0 spiro atoms. The van der Waals surface area contributed by atoms with Crippen molar-refractivity contribution in [3.63, 3.8) is 0 Å². The van der Waals surface area contributed by atoms with Crippen LogP contribution in [-0.4, -0.2) is 47.1 Å². The molecule has 0 aliphatic heterocycles. The van der Waals surface area contributed by atoms with Gasteiger partial charge in [-0.05, 0) is 30.0 Å². The number of rotatable bonds is 10. The summed E-state index contributed by atoms with van der Waals surface area (Å²) in [5.74, 6) is 1.08. The van der Waals surface area contributed by atoms with Crippen molar-refractivity contribution >= 4 is 28.8 Å². The lowest BCUT2D eigenvalue weighted by atomic mass is 10.2. The Morgan fingerprint density at radius 2 is 2.07 bits per heavy atom. The second kappa shape index (κ2) is 10.5. The van der Waals surface area contributed by atoms with Gasteiger partial charge in [0, 0.05) is 19.4 Å². The Labute approximate surface area is 178 Å². The van der Waals surface area contributed by atoms with Crippen LogP contribution in [0.3, 0.4) is 0 Å². The fourth-order valence-corrected chi connectivity index (χ4v) is 3.56. The van der Waals surface area contributed by atoms with Crippen molar-refractivity contribution in [2.75, 3.05) is 25.5 Å². The average molecular weight is 429 g/mol. The maximum absolute atomic E-state index is 12.7. The summed E-state index contributed by atoms with van der Waals surface area (Å²) in [6.07, 6.45) is 1.26. The van der Waals surface area contributed by atoms with Gasteiger partial charge < -0.3 is 19.5 Å². The molecule has 0 unspecified atom stereocenters. The van der Waals surface area contributed by atoms with Gasteiger partial charge in [0.25, 0.3) is 0 Å². The van der Waals surface area contributed by atoms with E-state index in [2.05, 4.69) is 15.5 Å². The highest BCUT2D eigenvalue weighted by Gasteiger charge is 2.19. The number of hydrogen-bond acceptors (Lipinski definition) is 7. The summed E-state index contributed by atoms with van der Waals surface area (Å²) >= 11 is 1.52. The molecule has 1 N–H and O–H groups in total. The van der Waals surface area contributed by atoms with Gasteiger partial charge in [0.1, 0.15) is 5.75 Å². The summed E-state index contributed by atoms with van der Waals surface area (Å²) < 4.78 is 10.5. The SMILES string of the molecule is CCCN(CC(=O)Nc1ccccc1OC)C(=O)CCc1nc(-c2cccs2)no1. The van der Waals surface area contributed by atoms with Crippen LogP contribution in [-0.2, 0) is 16.0 Å². The predicted octanol–water partition coefficient (Wildman–Crippen LogP) is 3.62. The Kier molecular flexibility index (Phi) is 7.56. The van der Waals surface area contributed by atoms with Gasteiger partial charge in [-0.25, -0.2) is 0 Å². The molecule has 9 heteroatoms. The first-order chi connectivity index (χ1) is 14.6. The number of nitrogens with zero attached hydrogens (tertiary/aromatic N) is 3. The Balaban J connectivity index is 1.55. The van der Waals surface area contributed by atoms with Crippen LogP contribution in [0.5, 0.6) is 5.75 Å². The topological polar surface area (TPSA) is 97.6 Å². The van der Waals surface area contributed by atoms with Crippen molar-refractivity contribution in [1.82, 2.24) is 15.0 Å². The van der Waals surface area contributed by atoms with E-state index in [1.165, 1.54) is 11.3 Å².